The van der Waals surface area contributed by atoms with E-state index in [0.717, 1.165) is 16.9 Å². The van der Waals surface area contributed by atoms with Crippen molar-refractivity contribution in [3.63, 3.8) is 0 Å². The molecule has 5 nitrogen and oxygen atoms in total. The van der Waals surface area contributed by atoms with Gasteiger partial charge in [0.25, 0.3) is 5.91 Å². The number of fused-ring (bicyclic) bond motifs is 1. The van der Waals surface area contributed by atoms with E-state index in [1.54, 1.807) is 0 Å². The monoisotopic (exact) mass is 304 g/mol. The third-order valence-corrected chi connectivity index (χ3v) is 4.08. The van der Waals surface area contributed by atoms with Gasteiger partial charge < -0.3 is 15.8 Å². The molecule has 0 spiro atoms. The minimum absolute atomic E-state index is 0.301. The zero-order valence-electron chi connectivity index (χ0n) is 13.8. The molecule has 2 atom stereocenters. The molecule has 1 aromatic carbocycles. The number of nitrogens with one attached hydrogen (secondary N) is 1. The SMILES string of the molecule is Cc1cc2c(cc1C)O[C@@H](C(=O)N[C@@H](C(N)=O)C(C)(C)C)C2. The maximum atomic E-state index is 12.4. The molecule has 0 unspecified atom stereocenters. The number of rotatable bonds is 3. The van der Waals surface area contributed by atoms with E-state index in [0.29, 0.717) is 6.42 Å². The predicted octanol–water partition coefficient (Wildman–Crippen LogP) is 1.62. The minimum atomic E-state index is -0.726. The van der Waals surface area contributed by atoms with E-state index < -0.39 is 23.5 Å². The van der Waals surface area contributed by atoms with Crippen LogP contribution in [0.3, 0.4) is 0 Å². The van der Waals surface area contributed by atoms with Crippen LogP contribution in [-0.4, -0.2) is 24.0 Å². The van der Waals surface area contributed by atoms with Crippen LogP contribution in [0.1, 0.15) is 37.5 Å². The lowest BCUT2D eigenvalue weighted by molar-refractivity contribution is -0.133. The Labute approximate surface area is 131 Å². The van der Waals surface area contributed by atoms with Crippen LogP contribution in [0.15, 0.2) is 12.1 Å². The largest absolute Gasteiger partial charge is 0.480 e. The fourth-order valence-electron chi connectivity index (χ4n) is 2.61. The van der Waals surface area contributed by atoms with Gasteiger partial charge in [0.15, 0.2) is 6.10 Å². The molecule has 0 radical (unpaired) electrons. The normalized spacial score (nSPS) is 18.3. The molecule has 2 rings (SSSR count). The smallest absolute Gasteiger partial charge is 0.262 e. The molecule has 0 bridgehead atoms. The standard InChI is InChI=1S/C17H24N2O3/c1-9-6-11-8-13(22-12(11)7-10(9)2)16(21)19-14(15(18)20)17(3,4)5/h6-7,13-14H,8H2,1-5H3,(H2,18,20)(H,19,21)/t13-,14+/m1/s1. The Morgan fingerprint density at radius 1 is 1.27 bits per heavy atom. The van der Waals surface area contributed by atoms with Gasteiger partial charge in [0.05, 0.1) is 0 Å². The summed E-state index contributed by atoms with van der Waals surface area (Å²) in [5.41, 5.74) is 8.28. The summed E-state index contributed by atoms with van der Waals surface area (Å²) in [7, 11) is 0. The average molecular weight is 304 g/mol. The van der Waals surface area contributed by atoms with Gasteiger partial charge in [0.1, 0.15) is 11.8 Å². The van der Waals surface area contributed by atoms with Gasteiger partial charge in [-0.2, -0.15) is 0 Å². The Hall–Kier alpha value is -2.04. The van der Waals surface area contributed by atoms with Crippen molar-refractivity contribution in [1.82, 2.24) is 5.32 Å². The molecule has 3 N–H and O–H groups in total. The molecule has 22 heavy (non-hydrogen) atoms. The van der Waals surface area contributed by atoms with Crippen molar-refractivity contribution in [2.24, 2.45) is 11.1 Å². The van der Waals surface area contributed by atoms with E-state index in [1.807, 2.05) is 46.8 Å². The molecule has 0 aromatic heterocycles. The summed E-state index contributed by atoms with van der Waals surface area (Å²) in [5, 5.41) is 2.72. The predicted molar refractivity (Wildman–Crippen MR) is 84.6 cm³/mol. The maximum absolute atomic E-state index is 12.4. The van der Waals surface area contributed by atoms with Gasteiger partial charge in [0.2, 0.25) is 5.91 Å². The van der Waals surface area contributed by atoms with Crippen LogP contribution in [0.25, 0.3) is 0 Å². The highest BCUT2D eigenvalue weighted by molar-refractivity contribution is 5.89. The molecule has 0 aliphatic carbocycles. The first kappa shape index (κ1) is 16.3. The van der Waals surface area contributed by atoms with E-state index >= 15 is 0 Å². The first-order valence-corrected chi connectivity index (χ1v) is 7.46. The van der Waals surface area contributed by atoms with E-state index in [9.17, 15) is 9.59 Å². The topological polar surface area (TPSA) is 81.4 Å². The second-order valence-corrected chi connectivity index (χ2v) is 7.06. The van der Waals surface area contributed by atoms with E-state index in [4.69, 9.17) is 10.5 Å². The molecular formula is C17H24N2O3. The summed E-state index contributed by atoms with van der Waals surface area (Å²) in [5.74, 6) is -0.0945. The molecule has 0 saturated carbocycles. The van der Waals surface area contributed by atoms with Gasteiger partial charge in [0, 0.05) is 6.42 Å². The van der Waals surface area contributed by atoms with Crippen molar-refractivity contribution in [1.29, 1.82) is 0 Å². The lowest BCUT2D eigenvalue weighted by atomic mass is 9.86. The lowest BCUT2D eigenvalue weighted by Crippen LogP contribution is -2.54. The van der Waals surface area contributed by atoms with Crippen LogP contribution in [0.5, 0.6) is 5.75 Å². The molecule has 1 heterocycles. The van der Waals surface area contributed by atoms with Crippen LogP contribution in [-0.2, 0) is 16.0 Å². The third kappa shape index (κ3) is 3.24. The summed E-state index contributed by atoms with van der Waals surface area (Å²) < 4.78 is 5.73. The molecule has 2 amide bonds. The molecule has 0 fully saturated rings. The number of carbonyl (C=O) groups excluding carboxylic acids is 2. The summed E-state index contributed by atoms with van der Waals surface area (Å²) >= 11 is 0. The van der Waals surface area contributed by atoms with Gasteiger partial charge in [-0.05, 0) is 42.0 Å². The van der Waals surface area contributed by atoms with Crippen molar-refractivity contribution in [3.05, 3.63) is 28.8 Å². The quantitative estimate of drug-likeness (QED) is 0.890. The summed E-state index contributed by atoms with van der Waals surface area (Å²) in [6.07, 6.45) is -0.0989. The summed E-state index contributed by atoms with van der Waals surface area (Å²) in [4.78, 5) is 24.0. The van der Waals surface area contributed by atoms with Gasteiger partial charge >= 0.3 is 0 Å². The van der Waals surface area contributed by atoms with Crippen LogP contribution >= 0.6 is 0 Å². The van der Waals surface area contributed by atoms with E-state index in [1.165, 1.54) is 5.56 Å². The number of ether oxygens (including phenoxy) is 1. The molecule has 1 aromatic rings. The molecule has 0 saturated heterocycles. The summed E-state index contributed by atoms with van der Waals surface area (Å²) in [6, 6.07) is 3.27. The van der Waals surface area contributed by atoms with Crippen molar-refractivity contribution in [2.45, 2.75) is 53.2 Å². The first-order valence-electron chi connectivity index (χ1n) is 7.46. The molecular weight excluding hydrogens is 280 g/mol. The highest BCUT2D eigenvalue weighted by Gasteiger charge is 2.36. The number of aryl methyl sites for hydroxylation is 2. The molecule has 1 aliphatic rings. The number of carbonyl (C=O) groups is 2. The van der Waals surface area contributed by atoms with Crippen molar-refractivity contribution >= 4 is 11.8 Å². The van der Waals surface area contributed by atoms with Gasteiger partial charge in [-0.15, -0.1) is 0 Å². The lowest BCUT2D eigenvalue weighted by Gasteiger charge is -2.29. The van der Waals surface area contributed by atoms with Crippen LogP contribution in [0.4, 0.5) is 0 Å². The molecule has 120 valence electrons. The Bertz CT molecular complexity index is 586. The Kier molecular flexibility index (Phi) is 4.18. The summed E-state index contributed by atoms with van der Waals surface area (Å²) in [6.45, 7) is 9.62. The van der Waals surface area contributed by atoms with Crippen molar-refractivity contribution in [2.75, 3.05) is 0 Å². The van der Waals surface area contributed by atoms with Gasteiger partial charge in [-0.1, -0.05) is 26.8 Å². The number of hydrogen-bond acceptors (Lipinski definition) is 3. The highest BCUT2D eigenvalue weighted by atomic mass is 16.5. The Morgan fingerprint density at radius 2 is 1.86 bits per heavy atom. The minimum Gasteiger partial charge on any atom is -0.480 e. The second-order valence-electron chi connectivity index (χ2n) is 7.06. The third-order valence-electron chi connectivity index (χ3n) is 4.08. The van der Waals surface area contributed by atoms with E-state index in [-0.39, 0.29) is 5.91 Å². The maximum Gasteiger partial charge on any atom is 0.262 e. The number of nitrogens with two attached hydrogens (primary N) is 1. The van der Waals surface area contributed by atoms with Crippen molar-refractivity contribution < 1.29 is 14.3 Å². The number of amides is 2. The molecule has 5 heteroatoms. The van der Waals surface area contributed by atoms with Crippen LogP contribution < -0.4 is 15.8 Å². The van der Waals surface area contributed by atoms with Crippen molar-refractivity contribution in [3.8, 4) is 5.75 Å². The number of benzene rings is 1. The molecule has 1 aliphatic heterocycles. The second kappa shape index (κ2) is 5.63. The van der Waals surface area contributed by atoms with E-state index in [2.05, 4.69) is 5.32 Å². The highest BCUT2D eigenvalue weighted by Crippen LogP contribution is 2.31. The zero-order chi connectivity index (χ0) is 16.7. The number of hydrogen-bond donors (Lipinski definition) is 2. The average Bonchev–Trinajstić information content (AvgIpc) is 2.77. The Morgan fingerprint density at radius 3 is 2.41 bits per heavy atom. The first-order chi connectivity index (χ1) is 10.1. The fraction of sp³-hybridized carbons (Fsp3) is 0.529. The number of primary amides is 1. The van der Waals surface area contributed by atoms with Crippen LogP contribution in [0.2, 0.25) is 0 Å². The van der Waals surface area contributed by atoms with Gasteiger partial charge in [-0.25, -0.2) is 0 Å². The van der Waals surface area contributed by atoms with Crippen LogP contribution in [0, 0.1) is 19.3 Å². The van der Waals surface area contributed by atoms with Gasteiger partial charge in [-0.3, -0.25) is 9.59 Å². The zero-order valence-corrected chi connectivity index (χ0v) is 13.8. The Balaban J connectivity index is 2.11. The fourth-order valence-corrected chi connectivity index (χ4v) is 2.61.